The molecule has 29 heavy (non-hydrogen) atoms. The first-order valence-electron chi connectivity index (χ1n) is 10.1. The Labute approximate surface area is 170 Å². The first-order chi connectivity index (χ1) is 14.1. The predicted molar refractivity (Wildman–Crippen MR) is 108 cm³/mol. The van der Waals surface area contributed by atoms with E-state index in [4.69, 9.17) is 9.26 Å². The summed E-state index contributed by atoms with van der Waals surface area (Å²) in [6.45, 7) is 3.20. The summed E-state index contributed by atoms with van der Waals surface area (Å²) in [6, 6.07) is 11.5. The molecule has 1 amide bonds. The molecule has 1 aromatic carbocycles. The molecule has 2 aromatic heterocycles. The lowest BCUT2D eigenvalue weighted by Crippen LogP contribution is -2.39. The van der Waals surface area contributed by atoms with E-state index in [1.807, 2.05) is 66.0 Å². The van der Waals surface area contributed by atoms with Crippen LogP contribution in [0.3, 0.4) is 0 Å². The fraction of sp³-hybridized carbons (Fsp3) is 0.409. The highest BCUT2D eigenvalue weighted by molar-refractivity contribution is 5.93. The van der Waals surface area contributed by atoms with Crippen molar-refractivity contribution >= 4 is 5.91 Å². The van der Waals surface area contributed by atoms with E-state index in [2.05, 4.69) is 10.1 Å². The van der Waals surface area contributed by atoms with Gasteiger partial charge in [0.1, 0.15) is 17.5 Å². The third-order valence-corrected chi connectivity index (χ3v) is 5.28. The maximum atomic E-state index is 13.0. The van der Waals surface area contributed by atoms with Gasteiger partial charge in [0, 0.05) is 26.2 Å². The molecule has 1 saturated heterocycles. The third kappa shape index (κ3) is 4.34. The van der Waals surface area contributed by atoms with Crippen LogP contribution in [0.2, 0.25) is 0 Å². The number of carbonyl (C=O) groups is 1. The van der Waals surface area contributed by atoms with Gasteiger partial charge in [0.05, 0.1) is 6.61 Å². The van der Waals surface area contributed by atoms with Crippen molar-refractivity contribution in [2.45, 2.75) is 38.6 Å². The molecule has 0 spiro atoms. The number of likely N-dealkylation sites (tertiary alicyclic amines) is 1. The fourth-order valence-corrected chi connectivity index (χ4v) is 3.73. The molecule has 3 aromatic rings. The zero-order valence-electron chi connectivity index (χ0n) is 16.9. The van der Waals surface area contributed by atoms with Crippen LogP contribution in [0.15, 0.2) is 47.1 Å². The molecule has 7 heteroatoms. The quantitative estimate of drug-likeness (QED) is 0.637. The molecule has 1 unspecified atom stereocenters. The Morgan fingerprint density at radius 1 is 1.28 bits per heavy atom. The maximum Gasteiger partial charge on any atom is 0.271 e. The molecular weight excluding hydrogens is 368 g/mol. The van der Waals surface area contributed by atoms with Crippen molar-refractivity contribution in [1.29, 1.82) is 0 Å². The summed E-state index contributed by atoms with van der Waals surface area (Å²) in [6.07, 6.45) is 5.28. The van der Waals surface area contributed by atoms with Crippen LogP contribution in [0.25, 0.3) is 0 Å². The van der Waals surface area contributed by atoms with Gasteiger partial charge in [0.2, 0.25) is 5.89 Å². The third-order valence-electron chi connectivity index (χ3n) is 5.28. The second-order valence-electron chi connectivity index (χ2n) is 7.48. The molecule has 152 valence electrons. The van der Waals surface area contributed by atoms with Gasteiger partial charge < -0.3 is 18.7 Å². The van der Waals surface area contributed by atoms with Gasteiger partial charge in [-0.15, -0.1) is 0 Å². The van der Waals surface area contributed by atoms with Gasteiger partial charge >= 0.3 is 0 Å². The summed E-state index contributed by atoms with van der Waals surface area (Å²) in [5.74, 6) is 1.95. The number of hydrogen-bond donors (Lipinski definition) is 0. The number of carbonyl (C=O) groups excluding carboxylic acids is 1. The highest BCUT2D eigenvalue weighted by Crippen LogP contribution is 2.31. The Balaban J connectivity index is 1.41. The molecule has 3 heterocycles. The second kappa shape index (κ2) is 8.51. The number of amides is 1. The van der Waals surface area contributed by atoms with Gasteiger partial charge in [0.25, 0.3) is 5.91 Å². The lowest BCUT2D eigenvalue weighted by molar-refractivity contribution is 0.0551. The molecule has 0 aliphatic carbocycles. The van der Waals surface area contributed by atoms with E-state index < -0.39 is 0 Å². The Hall–Kier alpha value is -3.09. The van der Waals surface area contributed by atoms with Crippen LogP contribution in [0.4, 0.5) is 0 Å². The van der Waals surface area contributed by atoms with Gasteiger partial charge in [-0.25, -0.2) is 0 Å². The smallest absolute Gasteiger partial charge is 0.271 e. The van der Waals surface area contributed by atoms with E-state index in [9.17, 15) is 4.79 Å². The van der Waals surface area contributed by atoms with Crippen LogP contribution in [-0.2, 0) is 13.5 Å². The topological polar surface area (TPSA) is 73.4 Å². The molecule has 7 nitrogen and oxygen atoms in total. The van der Waals surface area contributed by atoms with Crippen molar-refractivity contribution in [2.24, 2.45) is 7.05 Å². The Morgan fingerprint density at radius 2 is 2.17 bits per heavy atom. The summed E-state index contributed by atoms with van der Waals surface area (Å²) in [4.78, 5) is 19.4. The van der Waals surface area contributed by atoms with Crippen LogP contribution < -0.4 is 4.74 Å². The Kier molecular flexibility index (Phi) is 5.64. The summed E-state index contributed by atoms with van der Waals surface area (Å²) in [5, 5.41) is 4.10. The van der Waals surface area contributed by atoms with Gasteiger partial charge in [-0.3, -0.25) is 4.79 Å². The number of rotatable bonds is 6. The molecular formula is C22H26N4O3. The van der Waals surface area contributed by atoms with E-state index in [-0.39, 0.29) is 11.9 Å². The summed E-state index contributed by atoms with van der Waals surface area (Å²) < 4.78 is 13.2. The fourth-order valence-electron chi connectivity index (χ4n) is 3.73. The van der Waals surface area contributed by atoms with E-state index in [1.165, 1.54) is 0 Å². The lowest BCUT2D eigenvalue weighted by atomic mass is 10.0. The van der Waals surface area contributed by atoms with Crippen molar-refractivity contribution in [3.63, 3.8) is 0 Å². The van der Waals surface area contributed by atoms with Crippen molar-refractivity contribution in [2.75, 3.05) is 13.2 Å². The maximum absolute atomic E-state index is 13.0. The minimum Gasteiger partial charge on any atom is -0.493 e. The number of nitrogens with zero attached hydrogens (tertiary/aromatic N) is 4. The van der Waals surface area contributed by atoms with Crippen LogP contribution in [0.5, 0.6) is 5.75 Å². The predicted octanol–water partition coefficient (Wildman–Crippen LogP) is 3.71. The van der Waals surface area contributed by atoms with Crippen molar-refractivity contribution in [3.05, 3.63) is 65.6 Å². The average molecular weight is 394 g/mol. The molecule has 0 bridgehead atoms. The largest absolute Gasteiger partial charge is 0.493 e. The van der Waals surface area contributed by atoms with E-state index in [0.717, 1.165) is 30.6 Å². The number of piperidine rings is 1. The first kappa shape index (κ1) is 19.2. The van der Waals surface area contributed by atoms with Crippen LogP contribution in [-0.4, -0.2) is 38.7 Å². The zero-order chi connectivity index (χ0) is 20.2. The number of benzene rings is 1. The van der Waals surface area contributed by atoms with Gasteiger partial charge in [-0.2, -0.15) is 4.98 Å². The van der Waals surface area contributed by atoms with Crippen molar-refractivity contribution < 1.29 is 14.1 Å². The minimum atomic E-state index is -0.176. The van der Waals surface area contributed by atoms with Crippen molar-refractivity contribution in [1.82, 2.24) is 19.6 Å². The molecule has 1 aliphatic rings. The molecule has 1 fully saturated rings. The number of hydrogen-bond acceptors (Lipinski definition) is 5. The lowest BCUT2D eigenvalue weighted by Gasteiger charge is -2.33. The van der Waals surface area contributed by atoms with Crippen LogP contribution >= 0.6 is 0 Å². The first-order valence-corrected chi connectivity index (χ1v) is 10.1. The Bertz CT molecular complexity index is 978. The Morgan fingerprint density at radius 3 is 2.97 bits per heavy atom. The van der Waals surface area contributed by atoms with Crippen molar-refractivity contribution in [3.8, 4) is 5.75 Å². The molecule has 0 radical (unpaired) electrons. The van der Waals surface area contributed by atoms with Gasteiger partial charge in [0.15, 0.2) is 5.82 Å². The summed E-state index contributed by atoms with van der Waals surface area (Å²) in [5.41, 5.74) is 1.83. The number of ether oxygens (including phenoxy) is 1. The standard InChI is InChI=1S/C22H26N4O3/c1-16-7-5-8-17(15-16)28-14-11-20-23-21(29-24-20)18-9-3-4-13-26(18)22(27)19-10-6-12-25(19)2/h5-8,10,12,15,18H,3-4,9,11,13-14H2,1-2H3. The molecule has 1 atom stereocenters. The van der Waals surface area contributed by atoms with Gasteiger partial charge in [-0.1, -0.05) is 17.3 Å². The van der Waals surface area contributed by atoms with Crippen LogP contribution in [0.1, 0.15) is 53.1 Å². The normalized spacial score (nSPS) is 16.8. The average Bonchev–Trinajstić information content (AvgIpc) is 3.37. The number of aromatic nitrogens is 3. The summed E-state index contributed by atoms with van der Waals surface area (Å²) >= 11 is 0. The molecule has 1 aliphatic heterocycles. The monoisotopic (exact) mass is 394 g/mol. The minimum absolute atomic E-state index is 0.00438. The van der Waals surface area contributed by atoms with E-state index in [0.29, 0.717) is 37.0 Å². The second-order valence-corrected chi connectivity index (χ2v) is 7.48. The van der Waals surface area contributed by atoms with Crippen LogP contribution in [0, 0.1) is 6.92 Å². The molecule has 0 N–H and O–H groups in total. The highest BCUT2D eigenvalue weighted by atomic mass is 16.5. The van der Waals surface area contributed by atoms with E-state index >= 15 is 0 Å². The summed E-state index contributed by atoms with van der Waals surface area (Å²) in [7, 11) is 1.88. The SMILES string of the molecule is Cc1cccc(OCCc2noc(C3CCCCN3C(=O)c3cccn3C)n2)c1. The van der Waals surface area contributed by atoms with E-state index in [1.54, 1.807) is 0 Å². The molecule has 0 saturated carbocycles. The molecule has 4 rings (SSSR count). The zero-order valence-corrected chi connectivity index (χ0v) is 16.9. The highest BCUT2D eigenvalue weighted by Gasteiger charge is 2.33. The number of aryl methyl sites for hydroxylation is 2. The van der Waals surface area contributed by atoms with Gasteiger partial charge in [-0.05, 0) is 56.0 Å².